The summed E-state index contributed by atoms with van der Waals surface area (Å²) in [6.45, 7) is 1.50. The lowest BCUT2D eigenvalue weighted by molar-refractivity contribution is 0.0581. The van der Waals surface area contributed by atoms with Gasteiger partial charge in [-0.3, -0.25) is 0 Å². The first-order chi connectivity index (χ1) is 7.70. The number of ether oxygens (including phenoxy) is 1. The van der Waals surface area contributed by atoms with Crippen LogP contribution in [-0.2, 0) is 4.74 Å². The van der Waals surface area contributed by atoms with E-state index in [4.69, 9.17) is 22.1 Å². The Bertz CT molecular complexity index is 364. The fourth-order valence-electron chi connectivity index (χ4n) is 2.13. The van der Waals surface area contributed by atoms with Crippen LogP contribution in [0.2, 0.25) is 5.02 Å². The maximum absolute atomic E-state index is 9.86. The summed E-state index contributed by atoms with van der Waals surface area (Å²) in [5.74, 6) is 0.473. The van der Waals surface area contributed by atoms with Gasteiger partial charge >= 0.3 is 0 Å². The summed E-state index contributed by atoms with van der Waals surface area (Å²) >= 11 is 5.87. The van der Waals surface area contributed by atoms with Crippen LogP contribution in [0.1, 0.15) is 24.4 Å². The van der Waals surface area contributed by atoms with Gasteiger partial charge in [0, 0.05) is 24.8 Å². The Hall–Kier alpha value is -0.770. The van der Waals surface area contributed by atoms with Gasteiger partial charge in [-0.1, -0.05) is 23.7 Å². The van der Waals surface area contributed by atoms with E-state index in [9.17, 15) is 5.11 Å². The molecule has 0 amide bonds. The SMILES string of the molecule is N[C@H](c1cccc(Cl)c1O)C1CCOCC1. The maximum Gasteiger partial charge on any atom is 0.138 e. The Kier molecular flexibility index (Phi) is 3.69. The highest BCUT2D eigenvalue weighted by atomic mass is 35.5. The molecule has 0 aliphatic carbocycles. The number of rotatable bonds is 2. The van der Waals surface area contributed by atoms with Gasteiger partial charge in [0.15, 0.2) is 0 Å². The highest BCUT2D eigenvalue weighted by Gasteiger charge is 2.24. The molecule has 1 aliphatic rings. The highest BCUT2D eigenvalue weighted by Crippen LogP contribution is 2.36. The van der Waals surface area contributed by atoms with E-state index >= 15 is 0 Å². The van der Waals surface area contributed by atoms with Gasteiger partial charge in [0.05, 0.1) is 5.02 Å². The molecule has 3 nitrogen and oxygen atoms in total. The Morgan fingerprint density at radius 2 is 2.06 bits per heavy atom. The average Bonchev–Trinajstić information content (AvgIpc) is 2.33. The second kappa shape index (κ2) is 5.04. The third-order valence-electron chi connectivity index (χ3n) is 3.15. The predicted octanol–water partition coefficient (Wildman–Crippen LogP) is 2.47. The lowest BCUT2D eigenvalue weighted by Gasteiger charge is -2.28. The van der Waals surface area contributed by atoms with Crippen LogP contribution in [0.3, 0.4) is 0 Å². The van der Waals surface area contributed by atoms with E-state index in [1.165, 1.54) is 0 Å². The van der Waals surface area contributed by atoms with Crippen LogP contribution in [-0.4, -0.2) is 18.3 Å². The molecule has 88 valence electrons. The molecule has 0 saturated carbocycles. The summed E-state index contributed by atoms with van der Waals surface area (Å²) in [6, 6.07) is 5.15. The molecular formula is C12H16ClNO2. The first kappa shape index (κ1) is 11.7. The third kappa shape index (κ3) is 2.32. The van der Waals surface area contributed by atoms with Gasteiger partial charge in [-0.2, -0.15) is 0 Å². The molecule has 1 heterocycles. The minimum atomic E-state index is -0.164. The van der Waals surface area contributed by atoms with E-state index in [-0.39, 0.29) is 11.8 Å². The summed E-state index contributed by atoms with van der Waals surface area (Å²) in [7, 11) is 0. The monoisotopic (exact) mass is 241 g/mol. The van der Waals surface area contributed by atoms with Crippen LogP contribution >= 0.6 is 11.6 Å². The lowest BCUT2D eigenvalue weighted by atomic mass is 9.87. The fraction of sp³-hybridized carbons (Fsp3) is 0.500. The van der Waals surface area contributed by atoms with Crippen molar-refractivity contribution in [1.29, 1.82) is 0 Å². The number of halogens is 1. The van der Waals surface area contributed by atoms with Crippen molar-refractivity contribution in [3.8, 4) is 5.75 Å². The summed E-state index contributed by atoms with van der Waals surface area (Å²) < 4.78 is 5.30. The zero-order valence-corrected chi connectivity index (χ0v) is 9.78. The van der Waals surface area contributed by atoms with Gasteiger partial charge in [-0.05, 0) is 24.8 Å². The van der Waals surface area contributed by atoms with Gasteiger partial charge in [-0.15, -0.1) is 0 Å². The minimum absolute atomic E-state index is 0.114. The van der Waals surface area contributed by atoms with Crippen molar-refractivity contribution in [2.75, 3.05) is 13.2 Å². The van der Waals surface area contributed by atoms with Crippen molar-refractivity contribution in [2.24, 2.45) is 11.7 Å². The van der Waals surface area contributed by atoms with Crippen LogP contribution in [0.15, 0.2) is 18.2 Å². The Balaban J connectivity index is 2.19. The number of hydrogen-bond acceptors (Lipinski definition) is 3. The zero-order valence-electron chi connectivity index (χ0n) is 9.03. The molecule has 1 fully saturated rings. The Morgan fingerprint density at radius 3 is 2.75 bits per heavy atom. The normalized spacial score (nSPS) is 19.6. The van der Waals surface area contributed by atoms with Crippen LogP contribution in [0.4, 0.5) is 0 Å². The Morgan fingerprint density at radius 1 is 1.38 bits per heavy atom. The summed E-state index contributed by atoms with van der Waals surface area (Å²) in [5, 5.41) is 10.2. The molecule has 0 unspecified atom stereocenters. The van der Waals surface area contributed by atoms with Crippen molar-refractivity contribution in [2.45, 2.75) is 18.9 Å². The molecule has 1 atom stereocenters. The molecule has 4 heteroatoms. The van der Waals surface area contributed by atoms with Crippen LogP contribution in [0, 0.1) is 5.92 Å². The third-order valence-corrected chi connectivity index (χ3v) is 3.46. The van der Waals surface area contributed by atoms with Crippen molar-refractivity contribution in [1.82, 2.24) is 0 Å². The number of aromatic hydroxyl groups is 1. The van der Waals surface area contributed by atoms with Gasteiger partial charge in [0.2, 0.25) is 0 Å². The molecule has 16 heavy (non-hydrogen) atoms. The molecule has 0 bridgehead atoms. The first-order valence-corrected chi connectivity index (χ1v) is 5.88. The van der Waals surface area contributed by atoms with Gasteiger partial charge in [0.25, 0.3) is 0 Å². The largest absolute Gasteiger partial charge is 0.506 e. The Labute approximate surface area is 100 Å². The van der Waals surface area contributed by atoms with Crippen molar-refractivity contribution < 1.29 is 9.84 Å². The topological polar surface area (TPSA) is 55.5 Å². The molecule has 1 aromatic rings. The highest BCUT2D eigenvalue weighted by molar-refractivity contribution is 6.32. The summed E-state index contributed by atoms with van der Waals surface area (Å²) in [5.41, 5.74) is 6.90. The standard InChI is InChI=1S/C12H16ClNO2/c13-10-3-1-2-9(12(10)15)11(14)8-4-6-16-7-5-8/h1-3,8,11,15H,4-7,14H2/t11-/m0/s1. The van der Waals surface area contributed by atoms with E-state index in [1.807, 2.05) is 12.1 Å². The summed E-state index contributed by atoms with van der Waals surface area (Å²) in [6.07, 6.45) is 1.88. The predicted molar refractivity (Wildman–Crippen MR) is 63.6 cm³/mol. The van der Waals surface area contributed by atoms with Crippen molar-refractivity contribution in [3.05, 3.63) is 28.8 Å². The molecule has 2 rings (SSSR count). The van der Waals surface area contributed by atoms with E-state index in [2.05, 4.69) is 0 Å². The van der Waals surface area contributed by atoms with Crippen LogP contribution < -0.4 is 5.73 Å². The molecule has 1 aliphatic heterocycles. The molecule has 0 radical (unpaired) electrons. The minimum Gasteiger partial charge on any atom is -0.506 e. The van der Waals surface area contributed by atoms with E-state index in [1.54, 1.807) is 6.07 Å². The van der Waals surface area contributed by atoms with Crippen LogP contribution in [0.5, 0.6) is 5.75 Å². The second-order valence-corrected chi connectivity index (χ2v) is 4.56. The molecule has 1 aromatic carbocycles. The maximum atomic E-state index is 9.86. The molecule has 0 aromatic heterocycles. The van der Waals surface area contributed by atoms with Crippen molar-refractivity contribution >= 4 is 11.6 Å². The fourth-order valence-corrected chi connectivity index (χ4v) is 2.31. The zero-order chi connectivity index (χ0) is 11.5. The second-order valence-electron chi connectivity index (χ2n) is 4.15. The van der Waals surface area contributed by atoms with Gasteiger partial charge < -0.3 is 15.6 Å². The molecular weight excluding hydrogens is 226 g/mol. The number of benzene rings is 1. The smallest absolute Gasteiger partial charge is 0.138 e. The van der Waals surface area contributed by atoms with Crippen molar-refractivity contribution in [3.63, 3.8) is 0 Å². The number of hydrogen-bond donors (Lipinski definition) is 2. The van der Waals surface area contributed by atoms with E-state index in [0.29, 0.717) is 10.9 Å². The number of para-hydroxylation sites is 1. The van der Waals surface area contributed by atoms with E-state index in [0.717, 1.165) is 31.6 Å². The van der Waals surface area contributed by atoms with Crippen LogP contribution in [0.25, 0.3) is 0 Å². The first-order valence-electron chi connectivity index (χ1n) is 5.51. The van der Waals surface area contributed by atoms with Gasteiger partial charge in [-0.25, -0.2) is 0 Å². The quantitative estimate of drug-likeness (QED) is 0.836. The molecule has 1 saturated heterocycles. The number of phenolic OH excluding ortho intramolecular Hbond substituents is 1. The molecule has 0 spiro atoms. The van der Waals surface area contributed by atoms with Gasteiger partial charge in [0.1, 0.15) is 5.75 Å². The number of phenols is 1. The summed E-state index contributed by atoms with van der Waals surface area (Å²) in [4.78, 5) is 0. The lowest BCUT2D eigenvalue weighted by Crippen LogP contribution is -2.27. The average molecular weight is 242 g/mol. The molecule has 3 N–H and O–H groups in total. The van der Waals surface area contributed by atoms with E-state index < -0.39 is 0 Å². The number of nitrogens with two attached hydrogens (primary N) is 1.